The van der Waals surface area contributed by atoms with E-state index in [9.17, 15) is 0 Å². The Balaban J connectivity index is 2.81. The van der Waals surface area contributed by atoms with Crippen molar-refractivity contribution in [3.8, 4) is 5.75 Å². The van der Waals surface area contributed by atoms with E-state index in [4.69, 9.17) is 4.74 Å². The fourth-order valence-corrected chi connectivity index (χ4v) is 0.817. The molecule has 1 radical (unpaired) electrons. The van der Waals surface area contributed by atoms with Crippen LogP contribution in [0.1, 0.15) is 12.5 Å². The molecule has 0 spiro atoms. The molecule has 0 aromatic heterocycles. The predicted octanol–water partition coefficient (Wildman–Crippen LogP) is 2.19. The zero-order chi connectivity index (χ0) is 7.40. The van der Waals surface area contributed by atoms with Crippen LogP contribution in [0.25, 0.3) is 0 Å². The summed E-state index contributed by atoms with van der Waals surface area (Å²) < 4.78 is 5.32. The highest BCUT2D eigenvalue weighted by atomic mass is 16.5. The van der Waals surface area contributed by atoms with Crippen LogP contribution in [0, 0.1) is 13.0 Å². The maximum Gasteiger partial charge on any atom is 0.122 e. The fourth-order valence-electron chi connectivity index (χ4n) is 0.817. The molecule has 0 saturated heterocycles. The lowest BCUT2D eigenvalue weighted by molar-refractivity contribution is 0.338. The fraction of sp³-hybridized carbons (Fsp3) is 0.333. The van der Waals surface area contributed by atoms with Gasteiger partial charge in [-0.05, 0) is 37.6 Å². The van der Waals surface area contributed by atoms with E-state index in [1.807, 2.05) is 32.0 Å². The molecular weight excluding hydrogens is 124 g/mol. The first-order valence-corrected chi connectivity index (χ1v) is 3.44. The summed E-state index contributed by atoms with van der Waals surface area (Å²) in [5.74, 6) is 0.959. The van der Waals surface area contributed by atoms with Crippen LogP contribution in [0.4, 0.5) is 0 Å². The molecular formula is C9H11O. The smallest absolute Gasteiger partial charge is 0.122 e. The molecule has 1 heteroatoms. The van der Waals surface area contributed by atoms with Crippen molar-refractivity contribution in [3.63, 3.8) is 0 Å². The van der Waals surface area contributed by atoms with Gasteiger partial charge in [-0.2, -0.15) is 0 Å². The minimum atomic E-state index is 0.727. The summed E-state index contributed by atoms with van der Waals surface area (Å²) in [6, 6.07) is 8.69. The van der Waals surface area contributed by atoms with Crippen LogP contribution in [0.2, 0.25) is 0 Å². The number of benzene rings is 1. The Kier molecular flexibility index (Phi) is 2.32. The molecule has 0 aliphatic carbocycles. The van der Waals surface area contributed by atoms with Crippen molar-refractivity contribution >= 4 is 0 Å². The second kappa shape index (κ2) is 3.25. The Labute approximate surface area is 61.6 Å². The van der Waals surface area contributed by atoms with Crippen LogP contribution in [0.15, 0.2) is 18.2 Å². The van der Waals surface area contributed by atoms with Crippen molar-refractivity contribution in [2.24, 2.45) is 0 Å². The van der Waals surface area contributed by atoms with Crippen LogP contribution in [0.5, 0.6) is 5.75 Å². The normalized spacial score (nSPS) is 9.40. The third kappa shape index (κ3) is 1.50. The number of rotatable bonds is 2. The summed E-state index contributed by atoms with van der Waals surface area (Å²) >= 11 is 0. The number of hydrogen-bond acceptors (Lipinski definition) is 1. The van der Waals surface area contributed by atoms with Crippen molar-refractivity contribution in [1.82, 2.24) is 0 Å². The van der Waals surface area contributed by atoms with Crippen LogP contribution >= 0.6 is 0 Å². The van der Waals surface area contributed by atoms with Crippen LogP contribution in [-0.4, -0.2) is 6.61 Å². The molecule has 0 atom stereocenters. The van der Waals surface area contributed by atoms with E-state index in [1.54, 1.807) is 0 Å². The second-order valence-electron chi connectivity index (χ2n) is 2.12. The molecule has 0 N–H and O–H groups in total. The highest BCUT2D eigenvalue weighted by molar-refractivity contribution is 5.30. The summed E-state index contributed by atoms with van der Waals surface area (Å²) in [5, 5.41) is 0. The summed E-state index contributed by atoms with van der Waals surface area (Å²) in [4.78, 5) is 0. The molecule has 0 aliphatic heterocycles. The maximum atomic E-state index is 5.32. The van der Waals surface area contributed by atoms with Gasteiger partial charge < -0.3 is 4.74 Å². The molecule has 0 bridgehead atoms. The molecule has 1 aromatic rings. The minimum Gasteiger partial charge on any atom is -0.494 e. The third-order valence-electron chi connectivity index (χ3n) is 1.32. The zero-order valence-corrected chi connectivity index (χ0v) is 6.35. The average molecular weight is 135 g/mol. The third-order valence-corrected chi connectivity index (χ3v) is 1.32. The maximum absolute atomic E-state index is 5.32. The van der Waals surface area contributed by atoms with Gasteiger partial charge in [0.25, 0.3) is 0 Å². The average Bonchev–Trinajstić information content (AvgIpc) is 1.94. The molecule has 0 unspecified atom stereocenters. The number of aryl methyl sites for hydroxylation is 1. The Morgan fingerprint density at radius 2 is 2.40 bits per heavy atom. The summed E-state index contributed by atoms with van der Waals surface area (Å²) in [6.07, 6.45) is 0. The lowest BCUT2D eigenvalue weighted by Crippen LogP contribution is -1.92. The van der Waals surface area contributed by atoms with Gasteiger partial charge in [-0.3, -0.25) is 0 Å². The molecule has 10 heavy (non-hydrogen) atoms. The Bertz CT molecular complexity index is 206. The largest absolute Gasteiger partial charge is 0.494 e. The lowest BCUT2D eigenvalue weighted by Gasteiger charge is -2.04. The molecule has 1 rings (SSSR count). The van der Waals surface area contributed by atoms with Crippen molar-refractivity contribution in [1.29, 1.82) is 0 Å². The molecule has 0 heterocycles. The number of hydrogen-bond donors (Lipinski definition) is 0. The van der Waals surface area contributed by atoms with Crippen molar-refractivity contribution < 1.29 is 4.74 Å². The van der Waals surface area contributed by atoms with Gasteiger partial charge in [-0.1, -0.05) is 6.07 Å². The van der Waals surface area contributed by atoms with Gasteiger partial charge in [0.15, 0.2) is 0 Å². The Hall–Kier alpha value is -0.980. The van der Waals surface area contributed by atoms with E-state index in [0.717, 1.165) is 17.9 Å². The summed E-state index contributed by atoms with van der Waals surface area (Å²) in [6.45, 7) is 4.72. The molecule has 1 aromatic carbocycles. The van der Waals surface area contributed by atoms with E-state index in [1.165, 1.54) is 0 Å². The first-order chi connectivity index (χ1) is 4.84. The Morgan fingerprint density at radius 1 is 1.60 bits per heavy atom. The van der Waals surface area contributed by atoms with Gasteiger partial charge in [0.1, 0.15) is 5.75 Å². The van der Waals surface area contributed by atoms with Crippen molar-refractivity contribution in [3.05, 3.63) is 29.8 Å². The standard InChI is InChI=1S/C9H11O/c1-3-10-9-7-5-4-6-8(9)2/h5-7H,3H2,1-2H3. The molecule has 0 saturated carbocycles. The monoisotopic (exact) mass is 135 g/mol. The van der Waals surface area contributed by atoms with Crippen LogP contribution < -0.4 is 4.74 Å². The van der Waals surface area contributed by atoms with Gasteiger partial charge in [0, 0.05) is 0 Å². The molecule has 1 nitrogen and oxygen atoms in total. The predicted molar refractivity (Wildman–Crippen MR) is 41.2 cm³/mol. The first kappa shape index (κ1) is 7.13. The minimum absolute atomic E-state index is 0.727. The Morgan fingerprint density at radius 3 is 3.00 bits per heavy atom. The summed E-state index contributed by atoms with van der Waals surface area (Å²) in [7, 11) is 0. The highest BCUT2D eigenvalue weighted by Gasteiger charge is 1.93. The van der Waals surface area contributed by atoms with Gasteiger partial charge >= 0.3 is 0 Å². The molecule has 53 valence electrons. The second-order valence-corrected chi connectivity index (χ2v) is 2.12. The molecule has 0 fully saturated rings. The van der Waals surface area contributed by atoms with Gasteiger partial charge in [0.05, 0.1) is 6.61 Å². The molecule has 0 amide bonds. The quantitative estimate of drug-likeness (QED) is 0.604. The lowest BCUT2D eigenvalue weighted by atomic mass is 10.2. The van der Waals surface area contributed by atoms with E-state index in [2.05, 4.69) is 6.07 Å². The van der Waals surface area contributed by atoms with Gasteiger partial charge in [-0.15, -0.1) is 0 Å². The van der Waals surface area contributed by atoms with Gasteiger partial charge in [-0.25, -0.2) is 0 Å². The van der Waals surface area contributed by atoms with E-state index < -0.39 is 0 Å². The van der Waals surface area contributed by atoms with E-state index in [0.29, 0.717) is 0 Å². The van der Waals surface area contributed by atoms with Crippen LogP contribution in [0.3, 0.4) is 0 Å². The van der Waals surface area contributed by atoms with Gasteiger partial charge in [0.2, 0.25) is 0 Å². The van der Waals surface area contributed by atoms with E-state index >= 15 is 0 Å². The van der Waals surface area contributed by atoms with E-state index in [-0.39, 0.29) is 0 Å². The molecule has 0 aliphatic rings. The van der Waals surface area contributed by atoms with Crippen molar-refractivity contribution in [2.75, 3.05) is 6.61 Å². The first-order valence-electron chi connectivity index (χ1n) is 3.44. The highest BCUT2D eigenvalue weighted by Crippen LogP contribution is 2.14. The topological polar surface area (TPSA) is 9.23 Å². The zero-order valence-electron chi connectivity index (χ0n) is 6.35. The SMILES string of the molecule is CCOc1cc[c]cc1C. The van der Waals surface area contributed by atoms with Crippen molar-refractivity contribution in [2.45, 2.75) is 13.8 Å². The van der Waals surface area contributed by atoms with Crippen LogP contribution in [-0.2, 0) is 0 Å². The number of ether oxygens (including phenoxy) is 1. The summed E-state index contributed by atoms with van der Waals surface area (Å²) in [5.41, 5.74) is 1.14.